The zero-order valence-corrected chi connectivity index (χ0v) is 17.3. The normalized spacial score (nSPS) is 21.4. The predicted octanol–water partition coefficient (Wildman–Crippen LogP) is 1.43. The van der Waals surface area contributed by atoms with Crippen LogP contribution >= 0.6 is 0 Å². The van der Waals surface area contributed by atoms with E-state index in [4.69, 9.17) is 9.47 Å². The molecule has 0 unspecified atom stereocenters. The van der Waals surface area contributed by atoms with Crippen molar-refractivity contribution in [2.45, 2.75) is 22.7 Å². The van der Waals surface area contributed by atoms with Gasteiger partial charge in [0, 0.05) is 18.2 Å². The van der Waals surface area contributed by atoms with Crippen molar-refractivity contribution in [2.75, 3.05) is 25.7 Å². The molecule has 28 heavy (non-hydrogen) atoms. The van der Waals surface area contributed by atoms with Crippen LogP contribution in [0.1, 0.15) is 5.56 Å². The number of ether oxygens (including phenoxy) is 2. The van der Waals surface area contributed by atoms with E-state index < -0.39 is 36.7 Å². The van der Waals surface area contributed by atoms with Crippen LogP contribution in [-0.2, 0) is 26.2 Å². The SMILES string of the molecule is COc1ccc(S(=O)(=O)[C@@H]2CS(=O)(=O)C[C@H]2NCc2ccccc2OC)cc1. The summed E-state index contributed by atoms with van der Waals surface area (Å²) in [7, 11) is -4.26. The molecular formula is C19H23NO6S2. The van der Waals surface area contributed by atoms with E-state index in [9.17, 15) is 16.8 Å². The first-order valence-electron chi connectivity index (χ1n) is 8.70. The summed E-state index contributed by atoms with van der Waals surface area (Å²) in [6, 6.07) is 12.6. The molecule has 0 spiro atoms. The van der Waals surface area contributed by atoms with Crippen LogP contribution in [0.25, 0.3) is 0 Å². The van der Waals surface area contributed by atoms with Crippen molar-refractivity contribution < 1.29 is 26.3 Å². The maximum absolute atomic E-state index is 13.1. The van der Waals surface area contributed by atoms with Gasteiger partial charge in [-0.15, -0.1) is 0 Å². The summed E-state index contributed by atoms with van der Waals surface area (Å²) in [5.74, 6) is 0.571. The van der Waals surface area contributed by atoms with Crippen LogP contribution in [0, 0.1) is 0 Å². The van der Waals surface area contributed by atoms with Crippen molar-refractivity contribution in [3.8, 4) is 11.5 Å². The van der Waals surface area contributed by atoms with Gasteiger partial charge < -0.3 is 14.8 Å². The Kier molecular flexibility index (Phi) is 5.97. The lowest BCUT2D eigenvalue weighted by Crippen LogP contribution is -2.43. The Morgan fingerprint density at radius 3 is 2.32 bits per heavy atom. The van der Waals surface area contributed by atoms with Crippen LogP contribution < -0.4 is 14.8 Å². The molecule has 1 N–H and O–H groups in total. The van der Waals surface area contributed by atoms with Crippen molar-refractivity contribution in [2.24, 2.45) is 0 Å². The molecule has 9 heteroatoms. The summed E-state index contributed by atoms with van der Waals surface area (Å²) < 4.78 is 61.0. The minimum absolute atomic E-state index is 0.0829. The molecule has 0 saturated carbocycles. The maximum Gasteiger partial charge on any atom is 0.183 e. The molecule has 0 aromatic heterocycles. The van der Waals surface area contributed by atoms with Gasteiger partial charge in [-0.05, 0) is 30.3 Å². The zero-order chi connectivity index (χ0) is 20.4. The molecule has 2 aromatic rings. The monoisotopic (exact) mass is 425 g/mol. The first-order chi connectivity index (χ1) is 13.3. The molecule has 2 aromatic carbocycles. The van der Waals surface area contributed by atoms with Crippen LogP contribution in [0.4, 0.5) is 0 Å². The lowest BCUT2D eigenvalue weighted by Gasteiger charge is -2.20. The van der Waals surface area contributed by atoms with E-state index in [1.165, 1.54) is 19.2 Å². The molecule has 0 amide bonds. The fourth-order valence-corrected chi connectivity index (χ4v) is 8.06. The molecule has 1 fully saturated rings. The van der Waals surface area contributed by atoms with Gasteiger partial charge in [-0.1, -0.05) is 18.2 Å². The number of nitrogens with one attached hydrogen (secondary N) is 1. The fourth-order valence-electron chi connectivity index (χ4n) is 3.34. The van der Waals surface area contributed by atoms with Gasteiger partial charge in [0.15, 0.2) is 19.7 Å². The maximum atomic E-state index is 13.1. The number of sulfone groups is 2. The standard InChI is InChI=1S/C19H23NO6S2/c1-25-15-7-9-16(10-8-15)28(23,24)19-13-27(21,22)12-17(19)20-11-14-5-3-4-6-18(14)26-2/h3-10,17,19-20H,11-13H2,1-2H3/t17-,19-/m1/s1. The zero-order valence-electron chi connectivity index (χ0n) is 15.7. The predicted molar refractivity (Wildman–Crippen MR) is 106 cm³/mol. The van der Waals surface area contributed by atoms with Gasteiger partial charge in [0.05, 0.1) is 35.9 Å². The summed E-state index contributed by atoms with van der Waals surface area (Å²) in [5, 5.41) is 2.06. The topological polar surface area (TPSA) is 98.8 Å². The van der Waals surface area contributed by atoms with Gasteiger partial charge in [0.1, 0.15) is 11.5 Å². The van der Waals surface area contributed by atoms with Crippen molar-refractivity contribution in [1.29, 1.82) is 0 Å². The first kappa shape index (κ1) is 20.6. The molecule has 3 rings (SSSR count). The van der Waals surface area contributed by atoms with Crippen molar-refractivity contribution in [1.82, 2.24) is 5.32 Å². The summed E-state index contributed by atoms with van der Waals surface area (Å²) in [5.41, 5.74) is 0.829. The molecular weight excluding hydrogens is 402 g/mol. The van der Waals surface area contributed by atoms with E-state index in [0.29, 0.717) is 18.0 Å². The van der Waals surface area contributed by atoms with Crippen LogP contribution in [0.2, 0.25) is 0 Å². The van der Waals surface area contributed by atoms with Gasteiger partial charge in [-0.3, -0.25) is 0 Å². The van der Waals surface area contributed by atoms with E-state index in [0.717, 1.165) is 5.56 Å². The number of para-hydroxylation sites is 1. The Morgan fingerprint density at radius 2 is 1.68 bits per heavy atom. The van der Waals surface area contributed by atoms with Crippen LogP contribution in [-0.4, -0.2) is 53.9 Å². The van der Waals surface area contributed by atoms with E-state index in [2.05, 4.69) is 5.32 Å². The highest BCUT2D eigenvalue weighted by Gasteiger charge is 2.45. The number of hydrogen-bond donors (Lipinski definition) is 1. The van der Waals surface area contributed by atoms with Gasteiger partial charge >= 0.3 is 0 Å². The third-order valence-corrected chi connectivity index (χ3v) is 9.00. The number of methoxy groups -OCH3 is 2. The summed E-state index contributed by atoms with van der Waals surface area (Å²) in [6.07, 6.45) is 0. The summed E-state index contributed by atoms with van der Waals surface area (Å²) in [4.78, 5) is 0.0829. The Balaban J connectivity index is 1.85. The van der Waals surface area contributed by atoms with Crippen molar-refractivity contribution in [3.05, 3.63) is 54.1 Å². The Labute approximate surface area is 165 Å². The molecule has 0 aliphatic carbocycles. The van der Waals surface area contributed by atoms with Gasteiger partial charge in [0.2, 0.25) is 0 Å². The molecule has 1 aliphatic rings. The smallest absolute Gasteiger partial charge is 0.183 e. The summed E-state index contributed by atoms with van der Waals surface area (Å²) in [6.45, 7) is 0.304. The Hall–Kier alpha value is -2.10. The average Bonchev–Trinajstić information content (AvgIpc) is 3.02. The molecule has 1 heterocycles. The highest BCUT2D eigenvalue weighted by Crippen LogP contribution is 2.28. The molecule has 1 saturated heterocycles. The van der Waals surface area contributed by atoms with E-state index >= 15 is 0 Å². The second-order valence-corrected chi connectivity index (χ2v) is 11.0. The summed E-state index contributed by atoms with van der Waals surface area (Å²) >= 11 is 0. The number of hydrogen-bond acceptors (Lipinski definition) is 7. The molecule has 2 atom stereocenters. The van der Waals surface area contributed by atoms with Crippen LogP contribution in [0.5, 0.6) is 11.5 Å². The Bertz CT molecular complexity index is 1030. The molecule has 0 bridgehead atoms. The highest BCUT2D eigenvalue weighted by atomic mass is 32.2. The third-order valence-electron chi connectivity index (χ3n) is 4.83. The third kappa shape index (κ3) is 4.31. The van der Waals surface area contributed by atoms with E-state index in [1.807, 2.05) is 18.2 Å². The average molecular weight is 426 g/mol. The second kappa shape index (κ2) is 8.10. The van der Waals surface area contributed by atoms with Crippen molar-refractivity contribution >= 4 is 19.7 Å². The molecule has 7 nitrogen and oxygen atoms in total. The van der Waals surface area contributed by atoms with Crippen LogP contribution in [0.15, 0.2) is 53.4 Å². The fraction of sp³-hybridized carbons (Fsp3) is 0.368. The molecule has 1 aliphatic heterocycles. The van der Waals surface area contributed by atoms with Gasteiger partial charge in [-0.25, -0.2) is 16.8 Å². The van der Waals surface area contributed by atoms with Crippen molar-refractivity contribution in [3.63, 3.8) is 0 Å². The minimum atomic E-state index is -3.83. The number of benzene rings is 2. The van der Waals surface area contributed by atoms with E-state index in [1.54, 1.807) is 25.3 Å². The second-order valence-electron chi connectivity index (χ2n) is 6.64. The first-order valence-corrected chi connectivity index (χ1v) is 12.1. The largest absolute Gasteiger partial charge is 0.497 e. The molecule has 0 radical (unpaired) electrons. The van der Waals surface area contributed by atoms with E-state index in [-0.39, 0.29) is 10.6 Å². The highest BCUT2D eigenvalue weighted by molar-refractivity contribution is 7.96. The Morgan fingerprint density at radius 1 is 1.00 bits per heavy atom. The van der Waals surface area contributed by atoms with Crippen LogP contribution in [0.3, 0.4) is 0 Å². The van der Waals surface area contributed by atoms with Gasteiger partial charge in [0.25, 0.3) is 0 Å². The number of rotatable bonds is 7. The minimum Gasteiger partial charge on any atom is -0.497 e. The lowest BCUT2D eigenvalue weighted by atomic mass is 10.1. The van der Waals surface area contributed by atoms with Gasteiger partial charge in [-0.2, -0.15) is 0 Å². The lowest BCUT2D eigenvalue weighted by molar-refractivity contribution is 0.406. The quantitative estimate of drug-likeness (QED) is 0.716. The molecule has 152 valence electrons.